The van der Waals surface area contributed by atoms with Crippen LogP contribution in [0.2, 0.25) is 0 Å². The first-order valence-electron chi connectivity index (χ1n) is 6.38. The molecular formula is C13H21F2NO3. The highest BCUT2D eigenvalue weighted by atomic mass is 19.3. The number of esters is 1. The Bertz CT molecular complexity index is 355. The fourth-order valence-corrected chi connectivity index (χ4v) is 1.83. The summed E-state index contributed by atoms with van der Waals surface area (Å²) in [7, 11) is 0. The van der Waals surface area contributed by atoms with Crippen LogP contribution in [0.25, 0.3) is 0 Å². The maximum Gasteiger partial charge on any atom is 0.307 e. The normalized spacial score (nSPS) is 20.3. The Labute approximate surface area is 111 Å². The van der Waals surface area contributed by atoms with E-state index in [9.17, 15) is 18.4 Å². The summed E-state index contributed by atoms with van der Waals surface area (Å²) in [6.45, 7) is 6.81. The van der Waals surface area contributed by atoms with E-state index in [0.717, 1.165) is 0 Å². The Balaban J connectivity index is 2.31. The average Bonchev–Trinajstić information content (AvgIpc) is 2.10. The molecule has 19 heavy (non-hydrogen) atoms. The second-order valence-corrected chi connectivity index (χ2v) is 6.16. The molecule has 1 N–H and O–H groups in total. The second-order valence-electron chi connectivity index (χ2n) is 6.16. The Morgan fingerprint density at radius 1 is 1.37 bits per heavy atom. The van der Waals surface area contributed by atoms with Crippen LogP contribution >= 0.6 is 0 Å². The van der Waals surface area contributed by atoms with Crippen LogP contribution in [-0.2, 0) is 14.3 Å². The first-order chi connectivity index (χ1) is 8.48. The summed E-state index contributed by atoms with van der Waals surface area (Å²) in [6, 6.07) is -0.483. The van der Waals surface area contributed by atoms with Crippen molar-refractivity contribution in [1.29, 1.82) is 0 Å². The monoisotopic (exact) mass is 277 g/mol. The predicted molar refractivity (Wildman–Crippen MR) is 65.7 cm³/mol. The molecule has 1 atom stereocenters. The van der Waals surface area contributed by atoms with Crippen molar-refractivity contribution in [3.05, 3.63) is 0 Å². The van der Waals surface area contributed by atoms with Gasteiger partial charge in [-0.05, 0) is 20.8 Å². The minimum absolute atomic E-state index is 0.0494. The summed E-state index contributed by atoms with van der Waals surface area (Å²) in [4.78, 5) is 23.2. The maximum atomic E-state index is 12.6. The lowest BCUT2D eigenvalue weighted by molar-refractivity contribution is -0.157. The van der Waals surface area contributed by atoms with Crippen molar-refractivity contribution < 1.29 is 23.1 Å². The number of alkyl halides is 2. The number of carbonyl (C=O) groups excluding carboxylic acids is 2. The highest BCUT2D eigenvalue weighted by Gasteiger charge is 2.46. The maximum absolute atomic E-state index is 12.6. The van der Waals surface area contributed by atoms with E-state index < -0.39 is 29.5 Å². The van der Waals surface area contributed by atoms with Crippen LogP contribution in [0.4, 0.5) is 8.78 Å². The van der Waals surface area contributed by atoms with Gasteiger partial charge in [-0.2, -0.15) is 0 Å². The number of ether oxygens (including phenoxy) is 1. The Hall–Kier alpha value is -1.20. The van der Waals surface area contributed by atoms with Crippen LogP contribution in [0.1, 0.15) is 47.0 Å². The molecule has 1 saturated carbocycles. The van der Waals surface area contributed by atoms with E-state index >= 15 is 0 Å². The number of amides is 1. The van der Waals surface area contributed by atoms with E-state index in [0.29, 0.717) is 0 Å². The van der Waals surface area contributed by atoms with E-state index in [-0.39, 0.29) is 25.2 Å². The molecule has 1 fully saturated rings. The van der Waals surface area contributed by atoms with E-state index in [1.807, 2.05) is 0 Å². The van der Waals surface area contributed by atoms with Gasteiger partial charge in [-0.3, -0.25) is 9.59 Å². The quantitative estimate of drug-likeness (QED) is 0.802. The van der Waals surface area contributed by atoms with Crippen molar-refractivity contribution in [2.75, 3.05) is 0 Å². The number of hydrogen-bond acceptors (Lipinski definition) is 3. The third-order valence-electron chi connectivity index (χ3n) is 2.78. The molecule has 4 nitrogen and oxygen atoms in total. The van der Waals surface area contributed by atoms with E-state index in [1.54, 1.807) is 27.7 Å². The van der Waals surface area contributed by atoms with Crippen LogP contribution in [0.15, 0.2) is 0 Å². The van der Waals surface area contributed by atoms with Crippen LogP contribution in [-0.4, -0.2) is 29.4 Å². The molecule has 1 aliphatic rings. The highest BCUT2D eigenvalue weighted by Crippen LogP contribution is 2.37. The molecule has 0 aliphatic heterocycles. The minimum Gasteiger partial charge on any atom is -0.460 e. The van der Waals surface area contributed by atoms with Gasteiger partial charge in [0.05, 0.1) is 6.42 Å². The molecule has 1 aliphatic carbocycles. The van der Waals surface area contributed by atoms with Gasteiger partial charge in [0.2, 0.25) is 5.91 Å². The minimum atomic E-state index is -2.66. The van der Waals surface area contributed by atoms with Gasteiger partial charge in [0.1, 0.15) is 5.60 Å². The molecule has 0 radical (unpaired) electrons. The summed E-state index contributed by atoms with van der Waals surface area (Å²) in [6.07, 6.45) is -0.692. The molecule has 1 amide bonds. The van der Waals surface area contributed by atoms with Crippen molar-refractivity contribution in [2.24, 2.45) is 5.92 Å². The molecule has 110 valence electrons. The average molecular weight is 277 g/mol. The summed E-state index contributed by atoms with van der Waals surface area (Å²) in [5.41, 5.74) is -0.594. The SMILES string of the molecule is C[C@@H](CC(=O)OC(C)(C)C)C(=O)NC1CC(F)(F)C1. The number of rotatable bonds is 4. The molecule has 1 rings (SSSR count). The molecular weight excluding hydrogens is 256 g/mol. The predicted octanol–water partition coefficient (Wildman–Crippen LogP) is 2.27. The zero-order valence-corrected chi connectivity index (χ0v) is 11.8. The topological polar surface area (TPSA) is 55.4 Å². The number of halogens is 2. The van der Waals surface area contributed by atoms with Gasteiger partial charge >= 0.3 is 5.97 Å². The van der Waals surface area contributed by atoms with Gasteiger partial charge in [-0.25, -0.2) is 8.78 Å². The number of carbonyl (C=O) groups is 2. The zero-order chi connectivity index (χ0) is 14.8. The number of hydrogen-bond donors (Lipinski definition) is 1. The van der Waals surface area contributed by atoms with Crippen molar-refractivity contribution in [3.63, 3.8) is 0 Å². The Morgan fingerprint density at radius 2 is 1.89 bits per heavy atom. The lowest BCUT2D eigenvalue weighted by Gasteiger charge is -2.35. The molecule has 0 saturated heterocycles. The fraction of sp³-hybridized carbons (Fsp3) is 0.846. The first-order valence-corrected chi connectivity index (χ1v) is 6.38. The molecule has 6 heteroatoms. The fourth-order valence-electron chi connectivity index (χ4n) is 1.83. The van der Waals surface area contributed by atoms with Gasteiger partial charge < -0.3 is 10.1 Å². The van der Waals surface area contributed by atoms with E-state index in [2.05, 4.69) is 5.32 Å². The molecule has 0 aromatic rings. The van der Waals surface area contributed by atoms with Crippen molar-refractivity contribution in [3.8, 4) is 0 Å². The lowest BCUT2D eigenvalue weighted by atomic mass is 9.87. The zero-order valence-electron chi connectivity index (χ0n) is 11.8. The highest BCUT2D eigenvalue weighted by molar-refractivity contribution is 5.83. The molecule has 0 unspecified atom stereocenters. The number of nitrogens with one attached hydrogen (secondary N) is 1. The molecule has 0 aromatic heterocycles. The summed E-state index contributed by atoms with van der Waals surface area (Å²) < 4.78 is 30.3. The van der Waals surface area contributed by atoms with Crippen LogP contribution < -0.4 is 5.32 Å². The molecule has 0 aromatic carbocycles. The van der Waals surface area contributed by atoms with Crippen molar-refractivity contribution in [2.45, 2.75) is 64.5 Å². The van der Waals surface area contributed by atoms with Gasteiger partial charge in [-0.15, -0.1) is 0 Å². The second kappa shape index (κ2) is 5.43. The van der Waals surface area contributed by atoms with E-state index in [4.69, 9.17) is 4.74 Å². The first kappa shape index (κ1) is 15.9. The molecule has 0 heterocycles. The standard InChI is InChI=1S/C13H21F2NO3/c1-8(5-10(17)19-12(2,3)4)11(18)16-9-6-13(14,15)7-9/h8-9H,5-7H2,1-4H3,(H,16,18)/t8-/m0/s1. The summed E-state index contributed by atoms with van der Waals surface area (Å²) in [5.74, 6) is -4.09. The third kappa shape index (κ3) is 5.53. The van der Waals surface area contributed by atoms with Gasteiger partial charge in [0, 0.05) is 24.8 Å². The van der Waals surface area contributed by atoms with Crippen LogP contribution in [0, 0.1) is 5.92 Å². The van der Waals surface area contributed by atoms with Crippen molar-refractivity contribution in [1.82, 2.24) is 5.32 Å². The van der Waals surface area contributed by atoms with Crippen LogP contribution in [0.3, 0.4) is 0 Å². The smallest absolute Gasteiger partial charge is 0.307 e. The van der Waals surface area contributed by atoms with Crippen LogP contribution in [0.5, 0.6) is 0 Å². The van der Waals surface area contributed by atoms with E-state index in [1.165, 1.54) is 0 Å². The van der Waals surface area contributed by atoms with Crippen molar-refractivity contribution >= 4 is 11.9 Å². The molecule has 0 bridgehead atoms. The van der Waals surface area contributed by atoms with Gasteiger partial charge in [-0.1, -0.05) is 6.92 Å². The summed E-state index contributed by atoms with van der Waals surface area (Å²) in [5, 5.41) is 2.51. The lowest BCUT2D eigenvalue weighted by Crippen LogP contribution is -2.51. The van der Waals surface area contributed by atoms with Gasteiger partial charge in [0.25, 0.3) is 5.92 Å². The largest absolute Gasteiger partial charge is 0.460 e. The van der Waals surface area contributed by atoms with Gasteiger partial charge in [0.15, 0.2) is 0 Å². The summed E-state index contributed by atoms with van der Waals surface area (Å²) >= 11 is 0. The molecule has 0 spiro atoms. The Morgan fingerprint density at radius 3 is 2.32 bits per heavy atom. The third-order valence-corrected chi connectivity index (χ3v) is 2.78. The Kier molecular flexibility index (Phi) is 4.53.